The molecule has 2 unspecified atom stereocenters. The van der Waals surface area contributed by atoms with Crippen molar-refractivity contribution in [2.45, 2.75) is 45.1 Å². The molecule has 18 heavy (non-hydrogen) atoms. The van der Waals surface area contributed by atoms with Crippen molar-refractivity contribution in [2.24, 2.45) is 11.7 Å². The van der Waals surface area contributed by atoms with E-state index in [2.05, 4.69) is 11.8 Å². The Morgan fingerprint density at radius 1 is 1.50 bits per heavy atom. The number of hydrogen-bond acceptors (Lipinski definition) is 4. The first-order chi connectivity index (χ1) is 8.60. The minimum atomic E-state index is -0.265. The largest absolute Gasteiger partial charge is 0.468 e. The van der Waals surface area contributed by atoms with Gasteiger partial charge in [-0.05, 0) is 25.8 Å². The molecule has 1 rings (SSSR count). The number of amides is 1. The molecular formula is C13H24N2O3. The summed E-state index contributed by atoms with van der Waals surface area (Å²) in [6, 6.07) is -0.225. The number of hydrogen-bond donors (Lipinski definition) is 1. The SMILES string of the molecule is CCCCC(C(=O)OC)N1CCCC(C(N)=O)C1. The van der Waals surface area contributed by atoms with Gasteiger partial charge in [-0.1, -0.05) is 19.8 Å². The lowest BCUT2D eigenvalue weighted by Gasteiger charge is -2.35. The Hall–Kier alpha value is -1.10. The summed E-state index contributed by atoms with van der Waals surface area (Å²) < 4.78 is 4.86. The lowest BCUT2D eigenvalue weighted by Crippen LogP contribution is -2.49. The lowest BCUT2D eigenvalue weighted by atomic mass is 9.95. The van der Waals surface area contributed by atoms with E-state index in [1.54, 1.807) is 0 Å². The molecule has 0 radical (unpaired) electrons. The van der Waals surface area contributed by atoms with Crippen LogP contribution < -0.4 is 5.73 Å². The van der Waals surface area contributed by atoms with Crippen LogP contribution in [-0.4, -0.2) is 43.0 Å². The Bertz CT molecular complexity index is 294. The van der Waals surface area contributed by atoms with Crippen LogP contribution in [0.2, 0.25) is 0 Å². The third kappa shape index (κ3) is 3.98. The van der Waals surface area contributed by atoms with Gasteiger partial charge in [0, 0.05) is 6.54 Å². The summed E-state index contributed by atoms with van der Waals surface area (Å²) >= 11 is 0. The van der Waals surface area contributed by atoms with Crippen molar-refractivity contribution in [3.8, 4) is 0 Å². The average molecular weight is 256 g/mol. The maximum atomic E-state index is 11.8. The number of unbranched alkanes of at least 4 members (excludes halogenated alkanes) is 1. The molecule has 0 bridgehead atoms. The summed E-state index contributed by atoms with van der Waals surface area (Å²) in [7, 11) is 1.41. The van der Waals surface area contributed by atoms with Gasteiger partial charge in [0.25, 0.3) is 0 Å². The molecule has 1 amide bonds. The van der Waals surface area contributed by atoms with Crippen LogP contribution in [0.25, 0.3) is 0 Å². The first-order valence-corrected chi connectivity index (χ1v) is 6.71. The van der Waals surface area contributed by atoms with Crippen molar-refractivity contribution in [1.29, 1.82) is 0 Å². The summed E-state index contributed by atoms with van der Waals surface area (Å²) in [5, 5.41) is 0. The van der Waals surface area contributed by atoms with Crippen LogP contribution in [0.3, 0.4) is 0 Å². The maximum absolute atomic E-state index is 11.8. The molecule has 0 aromatic rings. The van der Waals surface area contributed by atoms with E-state index in [4.69, 9.17) is 10.5 Å². The van der Waals surface area contributed by atoms with Gasteiger partial charge in [0.2, 0.25) is 5.91 Å². The van der Waals surface area contributed by atoms with Gasteiger partial charge in [0.15, 0.2) is 0 Å². The number of rotatable bonds is 6. The summed E-state index contributed by atoms with van der Waals surface area (Å²) in [4.78, 5) is 25.1. The van der Waals surface area contributed by atoms with Crippen molar-refractivity contribution < 1.29 is 14.3 Å². The fraction of sp³-hybridized carbons (Fsp3) is 0.846. The number of nitrogens with two attached hydrogens (primary N) is 1. The molecular weight excluding hydrogens is 232 g/mol. The topological polar surface area (TPSA) is 72.6 Å². The van der Waals surface area contributed by atoms with Crippen molar-refractivity contribution >= 4 is 11.9 Å². The first kappa shape index (κ1) is 15.0. The molecule has 2 atom stereocenters. The van der Waals surface area contributed by atoms with Crippen LogP contribution in [-0.2, 0) is 14.3 Å². The molecule has 1 saturated heterocycles. The monoisotopic (exact) mass is 256 g/mol. The Labute approximate surface area is 109 Å². The van der Waals surface area contributed by atoms with E-state index in [9.17, 15) is 9.59 Å². The lowest BCUT2D eigenvalue weighted by molar-refractivity contribution is -0.149. The molecule has 1 heterocycles. The number of esters is 1. The molecule has 0 aromatic carbocycles. The minimum absolute atomic E-state index is 0.132. The number of carbonyl (C=O) groups excluding carboxylic acids is 2. The molecule has 1 aliphatic heterocycles. The zero-order chi connectivity index (χ0) is 13.5. The van der Waals surface area contributed by atoms with E-state index in [1.807, 2.05) is 0 Å². The van der Waals surface area contributed by atoms with Gasteiger partial charge in [0.1, 0.15) is 6.04 Å². The number of nitrogens with zero attached hydrogens (tertiary/aromatic N) is 1. The van der Waals surface area contributed by atoms with Gasteiger partial charge in [-0.15, -0.1) is 0 Å². The maximum Gasteiger partial charge on any atom is 0.323 e. The number of piperidine rings is 1. The second kappa shape index (κ2) is 7.36. The van der Waals surface area contributed by atoms with Gasteiger partial charge in [-0.2, -0.15) is 0 Å². The number of carbonyl (C=O) groups is 2. The molecule has 104 valence electrons. The predicted octanol–water partition coefficient (Wildman–Crippen LogP) is 0.915. The Balaban J connectivity index is 2.65. The van der Waals surface area contributed by atoms with E-state index >= 15 is 0 Å². The third-order valence-electron chi connectivity index (χ3n) is 3.60. The van der Waals surface area contributed by atoms with Crippen LogP contribution in [0, 0.1) is 5.92 Å². The van der Waals surface area contributed by atoms with Crippen LogP contribution in [0.1, 0.15) is 39.0 Å². The fourth-order valence-electron chi connectivity index (χ4n) is 2.50. The number of methoxy groups -OCH3 is 1. The van der Waals surface area contributed by atoms with Gasteiger partial charge >= 0.3 is 5.97 Å². The molecule has 5 nitrogen and oxygen atoms in total. The summed E-state index contributed by atoms with van der Waals surface area (Å²) in [6.45, 7) is 3.52. The molecule has 2 N–H and O–H groups in total. The Morgan fingerprint density at radius 2 is 2.22 bits per heavy atom. The van der Waals surface area contributed by atoms with E-state index in [1.165, 1.54) is 7.11 Å². The smallest absolute Gasteiger partial charge is 0.323 e. The minimum Gasteiger partial charge on any atom is -0.468 e. The zero-order valence-electron chi connectivity index (χ0n) is 11.4. The average Bonchev–Trinajstić information content (AvgIpc) is 2.39. The molecule has 1 fully saturated rings. The third-order valence-corrected chi connectivity index (χ3v) is 3.60. The summed E-state index contributed by atoms with van der Waals surface area (Å²) in [6.07, 6.45) is 4.55. The highest BCUT2D eigenvalue weighted by atomic mass is 16.5. The summed E-state index contributed by atoms with van der Waals surface area (Å²) in [5.74, 6) is -0.597. The van der Waals surface area contributed by atoms with E-state index in [-0.39, 0.29) is 23.8 Å². The standard InChI is InChI=1S/C13H24N2O3/c1-3-4-7-11(13(17)18-2)15-8-5-6-10(9-15)12(14)16/h10-11H,3-9H2,1-2H3,(H2,14,16). The van der Waals surface area contributed by atoms with Gasteiger partial charge in [-0.3, -0.25) is 14.5 Å². The van der Waals surface area contributed by atoms with Gasteiger partial charge < -0.3 is 10.5 Å². The van der Waals surface area contributed by atoms with Crippen molar-refractivity contribution in [1.82, 2.24) is 4.90 Å². The van der Waals surface area contributed by atoms with Crippen molar-refractivity contribution in [3.63, 3.8) is 0 Å². The van der Waals surface area contributed by atoms with Crippen molar-refractivity contribution in [2.75, 3.05) is 20.2 Å². The van der Waals surface area contributed by atoms with Gasteiger partial charge in [0.05, 0.1) is 13.0 Å². The van der Waals surface area contributed by atoms with Crippen LogP contribution in [0.15, 0.2) is 0 Å². The Morgan fingerprint density at radius 3 is 2.78 bits per heavy atom. The zero-order valence-corrected chi connectivity index (χ0v) is 11.4. The first-order valence-electron chi connectivity index (χ1n) is 6.71. The quantitative estimate of drug-likeness (QED) is 0.717. The molecule has 5 heteroatoms. The van der Waals surface area contributed by atoms with E-state index in [0.29, 0.717) is 6.54 Å². The number of primary amides is 1. The number of ether oxygens (including phenoxy) is 1. The van der Waals surface area contributed by atoms with Crippen LogP contribution in [0.4, 0.5) is 0 Å². The van der Waals surface area contributed by atoms with Crippen LogP contribution in [0.5, 0.6) is 0 Å². The predicted molar refractivity (Wildman–Crippen MR) is 68.8 cm³/mol. The highest BCUT2D eigenvalue weighted by molar-refractivity contribution is 5.78. The van der Waals surface area contributed by atoms with E-state index < -0.39 is 0 Å². The molecule has 0 aromatic heterocycles. The van der Waals surface area contributed by atoms with Crippen molar-refractivity contribution in [3.05, 3.63) is 0 Å². The van der Waals surface area contributed by atoms with Crippen LogP contribution >= 0.6 is 0 Å². The van der Waals surface area contributed by atoms with E-state index in [0.717, 1.165) is 38.6 Å². The molecule has 1 aliphatic rings. The number of likely N-dealkylation sites (tertiary alicyclic amines) is 1. The second-order valence-corrected chi connectivity index (χ2v) is 4.92. The molecule has 0 saturated carbocycles. The highest BCUT2D eigenvalue weighted by Crippen LogP contribution is 2.21. The second-order valence-electron chi connectivity index (χ2n) is 4.92. The Kier molecular flexibility index (Phi) is 6.12. The summed E-state index contributed by atoms with van der Waals surface area (Å²) in [5.41, 5.74) is 5.36. The normalized spacial score (nSPS) is 22.4. The highest BCUT2D eigenvalue weighted by Gasteiger charge is 2.32. The fourth-order valence-corrected chi connectivity index (χ4v) is 2.50. The van der Waals surface area contributed by atoms with Gasteiger partial charge in [-0.25, -0.2) is 0 Å². The molecule has 0 aliphatic carbocycles. The molecule has 0 spiro atoms.